The van der Waals surface area contributed by atoms with Gasteiger partial charge in [0.15, 0.2) is 0 Å². The third kappa shape index (κ3) is 2.88. The van der Waals surface area contributed by atoms with E-state index < -0.39 is 11.7 Å². The van der Waals surface area contributed by atoms with Crippen LogP contribution in [-0.2, 0) is 0 Å². The predicted octanol–water partition coefficient (Wildman–Crippen LogP) is 2.02. The maximum absolute atomic E-state index is 13.6. The predicted molar refractivity (Wildman–Crippen MR) is 66.8 cm³/mol. The van der Waals surface area contributed by atoms with Crippen LogP contribution in [-0.4, -0.2) is 23.7 Å². The first-order valence-electron chi connectivity index (χ1n) is 6.30. The van der Waals surface area contributed by atoms with Crippen LogP contribution in [0.4, 0.5) is 4.39 Å². The Kier molecular flexibility index (Phi) is 3.97. The number of carbonyl (C=O) groups excluding carboxylic acids is 1. The van der Waals surface area contributed by atoms with Crippen LogP contribution in [0.2, 0.25) is 0 Å². The van der Waals surface area contributed by atoms with Gasteiger partial charge in [-0.3, -0.25) is 4.79 Å². The van der Waals surface area contributed by atoms with Crippen molar-refractivity contribution in [2.24, 2.45) is 5.92 Å². The Labute approximate surface area is 106 Å². The molecule has 1 saturated carbocycles. The molecule has 0 bridgehead atoms. The zero-order chi connectivity index (χ0) is 13.1. The van der Waals surface area contributed by atoms with E-state index in [2.05, 4.69) is 5.32 Å². The Balaban J connectivity index is 1.95. The molecule has 2 N–H and O–H groups in total. The van der Waals surface area contributed by atoms with Crippen LogP contribution in [0.25, 0.3) is 0 Å². The maximum atomic E-state index is 13.6. The summed E-state index contributed by atoms with van der Waals surface area (Å²) < 4.78 is 13.6. The number of aliphatic hydroxyl groups excluding tert-OH is 1. The van der Waals surface area contributed by atoms with Crippen molar-refractivity contribution < 1.29 is 14.3 Å². The summed E-state index contributed by atoms with van der Waals surface area (Å²) in [7, 11) is 0. The van der Waals surface area contributed by atoms with E-state index in [9.17, 15) is 14.3 Å². The summed E-state index contributed by atoms with van der Waals surface area (Å²) in [6, 6.07) is 4.55. The van der Waals surface area contributed by atoms with Crippen molar-refractivity contribution in [2.45, 2.75) is 32.3 Å². The van der Waals surface area contributed by atoms with E-state index in [1.165, 1.54) is 12.1 Å². The van der Waals surface area contributed by atoms with Crippen molar-refractivity contribution >= 4 is 5.91 Å². The number of aliphatic hydroxyl groups is 1. The fourth-order valence-corrected chi connectivity index (χ4v) is 2.38. The van der Waals surface area contributed by atoms with Crippen LogP contribution in [0.15, 0.2) is 18.2 Å². The van der Waals surface area contributed by atoms with Crippen LogP contribution in [0, 0.1) is 18.7 Å². The number of amides is 1. The van der Waals surface area contributed by atoms with E-state index in [0.717, 1.165) is 24.8 Å². The molecule has 4 heteroatoms. The first-order valence-corrected chi connectivity index (χ1v) is 6.30. The Bertz CT molecular complexity index is 447. The van der Waals surface area contributed by atoms with Gasteiger partial charge in [-0.25, -0.2) is 4.39 Å². The molecule has 3 nitrogen and oxygen atoms in total. The minimum Gasteiger partial charge on any atom is -0.393 e. The zero-order valence-electron chi connectivity index (χ0n) is 10.4. The molecule has 1 aliphatic rings. The van der Waals surface area contributed by atoms with E-state index in [-0.39, 0.29) is 17.6 Å². The monoisotopic (exact) mass is 251 g/mol. The molecule has 1 aliphatic carbocycles. The highest BCUT2D eigenvalue weighted by Gasteiger charge is 2.25. The maximum Gasteiger partial charge on any atom is 0.254 e. The first kappa shape index (κ1) is 13.0. The largest absolute Gasteiger partial charge is 0.393 e. The third-order valence-electron chi connectivity index (χ3n) is 3.51. The van der Waals surface area contributed by atoms with Crippen LogP contribution in [0.1, 0.15) is 35.2 Å². The van der Waals surface area contributed by atoms with Crippen molar-refractivity contribution in [1.29, 1.82) is 0 Å². The van der Waals surface area contributed by atoms with E-state index >= 15 is 0 Å². The second-order valence-electron chi connectivity index (χ2n) is 4.95. The van der Waals surface area contributed by atoms with Gasteiger partial charge >= 0.3 is 0 Å². The first-order chi connectivity index (χ1) is 8.58. The standard InChI is InChI=1S/C14H18FNO2/c1-9-5-6-11(12(15)7-9)14(18)16-8-10-3-2-4-13(10)17/h5-7,10,13,17H,2-4,8H2,1H3,(H,16,18). The molecule has 0 saturated heterocycles. The lowest BCUT2D eigenvalue weighted by Gasteiger charge is -2.15. The minimum absolute atomic E-state index is 0.0630. The summed E-state index contributed by atoms with van der Waals surface area (Å²) >= 11 is 0. The van der Waals surface area contributed by atoms with Gasteiger partial charge in [0, 0.05) is 12.5 Å². The normalized spacial score (nSPS) is 23.1. The van der Waals surface area contributed by atoms with Gasteiger partial charge in [0.05, 0.1) is 11.7 Å². The number of rotatable bonds is 3. The van der Waals surface area contributed by atoms with Gasteiger partial charge in [-0.05, 0) is 37.5 Å². The Morgan fingerprint density at radius 1 is 1.50 bits per heavy atom. The summed E-state index contributed by atoms with van der Waals surface area (Å²) in [5.41, 5.74) is 0.850. The van der Waals surface area contributed by atoms with Gasteiger partial charge in [-0.15, -0.1) is 0 Å². The molecule has 0 heterocycles. The van der Waals surface area contributed by atoms with Crippen LogP contribution in [0.5, 0.6) is 0 Å². The zero-order valence-corrected chi connectivity index (χ0v) is 10.4. The fourth-order valence-electron chi connectivity index (χ4n) is 2.38. The quantitative estimate of drug-likeness (QED) is 0.863. The highest BCUT2D eigenvalue weighted by atomic mass is 19.1. The van der Waals surface area contributed by atoms with Crippen molar-refractivity contribution in [1.82, 2.24) is 5.32 Å². The van der Waals surface area contributed by atoms with Crippen molar-refractivity contribution in [3.8, 4) is 0 Å². The number of hydrogen-bond donors (Lipinski definition) is 2. The van der Waals surface area contributed by atoms with Crippen LogP contribution < -0.4 is 5.32 Å². The smallest absolute Gasteiger partial charge is 0.254 e. The Morgan fingerprint density at radius 3 is 2.89 bits per heavy atom. The number of hydrogen-bond acceptors (Lipinski definition) is 2. The van der Waals surface area contributed by atoms with Gasteiger partial charge in [-0.1, -0.05) is 12.5 Å². The van der Waals surface area contributed by atoms with E-state index in [1.807, 2.05) is 0 Å². The topological polar surface area (TPSA) is 49.3 Å². The molecule has 0 aliphatic heterocycles. The lowest BCUT2D eigenvalue weighted by atomic mass is 10.1. The van der Waals surface area contributed by atoms with Crippen molar-refractivity contribution in [2.75, 3.05) is 6.54 Å². The molecule has 98 valence electrons. The molecule has 1 aromatic carbocycles. The average molecular weight is 251 g/mol. The molecular formula is C14H18FNO2. The minimum atomic E-state index is -0.500. The summed E-state index contributed by atoms with van der Waals surface area (Å²) in [6.07, 6.45) is 2.35. The molecule has 2 rings (SSSR count). The summed E-state index contributed by atoms with van der Waals surface area (Å²) in [5.74, 6) is -0.812. The number of benzene rings is 1. The van der Waals surface area contributed by atoms with Gasteiger partial charge in [0.2, 0.25) is 0 Å². The number of halogens is 1. The van der Waals surface area contributed by atoms with Crippen molar-refractivity contribution in [3.63, 3.8) is 0 Å². The molecule has 0 spiro atoms. The van der Waals surface area contributed by atoms with Gasteiger partial charge < -0.3 is 10.4 Å². The molecule has 2 unspecified atom stereocenters. The van der Waals surface area contributed by atoms with E-state index in [0.29, 0.717) is 6.54 Å². The third-order valence-corrected chi connectivity index (χ3v) is 3.51. The lowest BCUT2D eigenvalue weighted by Crippen LogP contribution is -2.32. The molecule has 1 fully saturated rings. The average Bonchev–Trinajstić information content (AvgIpc) is 2.72. The highest BCUT2D eigenvalue weighted by molar-refractivity contribution is 5.94. The van der Waals surface area contributed by atoms with E-state index in [1.54, 1.807) is 13.0 Å². The molecule has 0 aromatic heterocycles. The molecule has 0 radical (unpaired) electrons. The fraction of sp³-hybridized carbons (Fsp3) is 0.500. The van der Waals surface area contributed by atoms with Crippen LogP contribution in [0.3, 0.4) is 0 Å². The number of nitrogens with one attached hydrogen (secondary N) is 1. The second-order valence-corrected chi connectivity index (χ2v) is 4.95. The SMILES string of the molecule is Cc1ccc(C(=O)NCC2CCCC2O)c(F)c1. The van der Waals surface area contributed by atoms with E-state index in [4.69, 9.17) is 0 Å². The molecular weight excluding hydrogens is 233 g/mol. The molecule has 2 atom stereocenters. The summed E-state index contributed by atoms with van der Waals surface area (Å²) in [6.45, 7) is 2.19. The van der Waals surface area contributed by atoms with Gasteiger partial charge in [0.25, 0.3) is 5.91 Å². The van der Waals surface area contributed by atoms with Gasteiger partial charge in [-0.2, -0.15) is 0 Å². The number of aryl methyl sites for hydroxylation is 1. The molecule has 1 aromatic rings. The molecule has 18 heavy (non-hydrogen) atoms. The number of carbonyl (C=O) groups is 1. The summed E-state index contributed by atoms with van der Waals surface area (Å²) in [5, 5.41) is 12.3. The highest BCUT2D eigenvalue weighted by Crippen LogP contribution is 2.24. The van der Waals surface area contributed by atoms with Gasteiger partial charge in [0.1, 0.15) is 5.82 Å². The summed E-state index contributed by atoms with van der Waals surface area (Å²) in [4.78, 5) is 11.8. The Hall–Kier alpha value is -1.42. The Morgan fingerprint density at radius 2 is 2.28 bits per heavy atom. The van der Waals surface area contributed by atoms with Crippen molar-refractivity contribution in [3.05, 3.63) is 35.1 Å². The second kappa shape index (κ2) is 5.48. The molecule has 1 amide bonds. The lowest BCUT2D eigenvalue weighted by molar-refractivity contribution is 0.0913. The van der Waals surface area contributed by atoms with Crippen LogP contribution >= 0.6 is 0 Å².